The molecule has 0 spiro atoms. The van der Waals surface area contributed by atoms with E-state index in [1.165, 1.54) is 0 Å². The number of hydrogen-bond donors (Lipinski definition) is 3. The highest BCUT2D eigenvalue weighted by molar-refractivity contribution is 5.81. The lowest BCUT2D eigenvalue weighted by atomic mass is 10.2. The molecule has 3 unspecified atom stereocenters. The molecule has 3 atom stereocenters. The number of guanidine groups is 1. The normalized spacial score (nSPS) is 26.2. The van der Waals surface area contributed by atoms with Crippen molar-refractivity contribution in [3.8, 4) is 0 Å². The van der Waals surface area contributed by atoms with Crippen molar-refractivity contribution in [2.45, 2.75) is 45.4 Å². The first-order chi connectivity index (χ1) is 6.08. The quantitative estimate of drug-likeness (QED) is 0.584. The van der Waals surface area contributed by atoms with E-state index in [1.807, 2.05) is 6.92 Å². The summed E-state index contributed by atoms with van der Waals surface area (Å²) in [6.45, 7) is 6.77. The fourth-order valence-electron chi connectivity index (χ4n) is 1.44. The Morgan fingerprint density at radius 3 is 2.85 bits per heavy atom. The van der Waals surface area contributed by atoms with Crippen LogP contribution in [0.25, 0.3) is 0 Å². The van der Waals surface area contributed by atoms with Gasteiger partial charge >= 0.3 is 0 Å². The molecule has 0 fully saturated rings. The maximum Gasteiger partial charge on any atom is 0.191 e. The van der Waals surface area contributed by atoms with Crippen molar-refractivity contribution in [3.05, 3.63) is 0 Å². The maximum atomic E-state index is 9.15. The lowest BCUT2D eigenvalue weighted by molar-refractivity contribution is 0.174. The molecule has 1 aliphatic heterocycles. The van der Waals surface area contributed by atoms with Gasteiger partial charge in [0.1, 0.15) is 0 Å². The van der Waals surface area contributed by atoms with Gasteiger partial charge in [-0.15, -0.1) is 0 Å². The highest BCUT2D eigenvalue weighted by atomic mass is 16.3. The number of aliphatic hydroxyl groups excluding tert-OH is 1. The van der Waals surface area contributed by atoms with E-state index >= 15 is 0 Å². The van der Waals surface area contributed by atoms with Crippen LogP contribution in [0.4, 0.5) is 0 Å². The minimum atomic E-state index is -0.262. The average molecular weight is 185 g/mol. The van der Waals surface area contributed by atoms with Gasteiger partial charge in [-0.1, -0.05) is 0 Å². The van der Waals surface area contributed by atoms with E-state index in [0.29, 0.717) is 6.04 Å². The van der Waals surface area contributed by atoms with Crippen LogP contribution in [0, 0.1) is 0 Å². The summed E-state index contributed by atoms with van der Waals surface area (Å²) < 4.78 is 0. The zero-order valence-electron chi connectivity index (χ0n) is 8.54. The van der Waals surface area contributed by atoms with Crippen molar-refractivity contribution in [2.75, 3.05) is 6.54 Å². The molecule has 0 saturated heterocycles. The van der Waals surface area contributed by atoms with Crippen molar-refractivity contribution in [3.63, 3.8) is 0 Å². The van der Waals surface area contributed by atoms with Gasteiger partial charge in [0.2, 0.25) is 0 Å². The van der Waals surface area contributed by atoms with E-state index in [2.05, 4.69) is 22.5 Å². The fraction of sp³-hybridized carbons (Fsp3) is 0.889. The Morgan fingerprint density at radius 2 is 2.38 bits per heavy atom. The van der Waals surface area contributed by atoms with Crippen molar-refractivity contribution < 1.29 is 5.11 Å². The lowest BCUT2D eigenvalue weighted by Gasteiger charge is -2.17. The second kappa shape index (κ2) is 4.46. The van der Waals surface area contributed by atoms with Crippen molar-refractivity contribution >= 4 is 5.96 Å². The molecule has 0 bridgehead atoms. The molecular formula is C9H19N3O. The van der Waals surface area contributed by atoms with Crippen LogP contribution in [0.1, 0.15) is 27.2 Å². The van der Waals surface area contributed by atoms with Crippen LogP contribution >= 0.6 is 0 Å². The summed E-state index contributed by atoms with van der Waals surface area (Å²) in [5, 5.41) is 15.6. The Bertz CT molecular complexity index is 191. The third-order valence-corrected chi connectivity index (χ3v) is 1.98. The molecule has 76 valence electrons. The summed E-state index contributed by atoms with van der Waals surface area (Å²) in [7, 11) is 0. The fourth-order valence-corrected chi connectivity index (χ4v) is 1.44. The molecule has 0 saturated carbocycles. The number of aliphatic hydroxyl groups is 1. The smallest absolute Gasteiger partial charge is 0.191 e. The molecule has 3 N–H and O–H groups in total. The third kappa shape index (κ3) is 3.63. The molecule has 4 nitrogen and oxygen atoms in total. The molecule has 0 aromatic heterocycles. The molecular weight excluding hydrogens is 166 g/mol. The Kier molecular flexibility index (Phi) is 3.54. The topological polar surface area (TPSA) is 56.6 Å². The van der Waals surface area contributed by atoms with Gasteiger partial charge in [-0.05, 0) is 27.2 Å². The van der Waals surface area contributed by atoms with Gasteiger partial charge in [0.05, 0.1) is 12.6 Å². The first-order valence-electron chi connectivity index (χ1n) is 4.83. The van der Waals surface area contributed by atoms with Gasteiger partial charge in [0.25, 0.3) is 0 Å². The molecule has 0 aromatic carbocycles. The highest BCUT2D eigenvalue weighted by Gasteiger charge is 2.14. The second-order valence-electron chi connectivity index (χ2n) is 3.86. The van der Waals surface area contributed by atoms with Crippen LogP contribution < -0.4 is 10.6 Å². The molecule has 1 aliphatic rings. The van der Waals surface area contributed by atoms with Gasteiger partial charge in [0.15, 0.2) is 5.96 Å². The summed E-state index contributed by atoms with van der Waals surface area (Å²) >= 11 is 0. The van der Waals surface area contributed by atoms with Crippen LogP contribution in [0.3, 0.4) is 0 Å². The van der Waals surface area contributed by atoms with E-state index in [-0.39, 0.29) is 12.1 Å². The number of nitrogens with one attached hydrogen (secondary N) is 2. The lowest BCUT2D eigenvalue weighted by Crippen LogP contribution is -2.42. The van der Waals surface area contributed by atoms with E-state index < -0.39 is 0 Å². The summed E-state index contributed by atoms with van der Waals surface area (Å²) in [5.41, 5.74) is 0. The summed E-state index contributed by atoms with van der Waals surface area (Å²) in [6.07, 6.45) is 0.483. The molecule has 1 rings (SSSR count). The number of hydrogen-bond acceptors (Lipinski definition) is 4. The molecule has 1 heterocycles. The Labute approximate surface area is 79.4 Å². The van der Waals surface area contributed by atoms with Crippen LogP contribution in [-0.2, 0) is 0 Å². The minimum Gasteiger partial charge on any atom is -0.393 e. The zero-order chi connectivity index (χ0) is 9.84. The average Bonchev–Trinajstić information content (AvgIpc) is 2.33. The molecule has 0 aromatic rings. The third-order valence-electron chi connectivity index (χ3n) is 1.98. The van der Waals surface area contributed by atoms with E-state index in [9.17, 15) is 0 Å². The SMILES string of the molecule is CC(O)CC(C)NC1=NCC(C)N1. The van der Waals surface area contributed by atoms with Crippen molar-refractivity contribution in [1.29, 1.82) is 0 Å². The van der Waals surface area contributed by atoms with Gasteiger partial charge in [0, 0.05) is 12.1 Å². The first-order valence-corrected chi connectivity index (χ1v) is 4.83. The van der Waals surface area contributed by atoms with Crippen molar-refractivity contribution in [1.82, 2.24) is 10.6 Å². The molecule has 0 aliphatic carbocycles. The number of nitrogens with zero attached hydrogens (tertiary/aromatic N) is 1. The summed E-state index contributed by atoms with van der Waals surface area (Å²) in [4.78, 5) is 4.28. The number of rotatable bonds is 3. The Balaban J connectivity index is 2.24. The summed E-state index contributed by atoms with van der Waals surface area (Å²) in [5.74, 6) is 0.862. The Morgan fingerprint density at radius 1 is 1.69 bits per heavy atom. The van der Waals surface area contributed by atoms with Crippen molar-refractivity contribution in [2.24, 2.45) is 4.99 Å². The van der Waals surface area contributed by atoms with E-state index in [4.69, 9.17) is 5.11 Å². The maximum absolute atomic E-state index is 9.15. The van der Waals surface area contributed by atoms with Gasteiger partial charge < -0.3 is 15.7 Å². The highest BCUT2D eigenvalue weighted by Crippen LogP contribution is 1.98. The predicted molar refractivity (Wildman–Crippen MR) is 53.8 cm³/mol. The van der Waals surface area contributed by atoms with Crippen LogP contribution in [-0.4, -0.2) is 35.8 Å². The molecule has 4 heteroatoms. The van der Waals surface area contributed by atoms with Crippen LogP contribution in [0.2, 0.25) is 0 Å². The van der Waals surface area contributed by atoms with Gasteiger partial charge in [-0.25, -0.2) is 0 Å². The Hall–Kier alpha value is -0.770. The van der Waals surface area contributed by atoms with E-state index in [0.717, 1.165) is 18.9 Å². The molecule has 0 radical (unpaired) electrons. The molecule has 13 heavy (non-hydrogen) atoms. The zero-order valence-corrected chi connectivity index (χ0v) is 8.54. The second-order valence-corrected chi connectivity index (χ2v) is 3.86. The van der Waals surface area contributed by atoms with Crippen LogP contribution in [0.5, 0.6) is 0 Å². The van der Waals surface area contributed by atoms with Gasteiger partial charge in [-0.2, -0.15) is 0 Å². The largest absolute Gasteiger partial charge is 0.393 e. The predicted octanol–water partition coefficient (Wildman–Crippen LogP) is 0.0831. The van der Waals surface area contributed by atoms with E-state index in [1.54, 1.807) is 6.92 Å². The summed E-state index contributed by atoms with van der Waals surface area (Å²) in [6, 6.07) is 0.692. The number of aliphatic imine (C=N–C) groups is 1. The first kappa shape index (κ1) is 10.3. The van der Waals surface area contributed by atoms with Crippen LogP contribution in [0.15, 0.2) is 4.99 Å². The minimum absolute atomic E-state index is 0.261. The molecule has 0 amide bonds. The standard InChI is InChI=1S/C9H19N3O/c1-6(4-8(3)13)11-9-10-5-7(2)12-9/h6-8,13H,4-5H2,1-3H3,(H2,10,11,12). The monoisotopic (exact) mass is 185 g/mol. The van der Waals surface area contributed by atoms with Gasteiger partial charge in [-0.3, -0.25) is 4.99 Å².